The molecule has 9 nitrogen and oxygen atoms in total. The lowest BCUT2D eigenvalue weighted by molar-refractivity contribution is -0.380. The first-order valence-corrected chi connectivity index (χ1v) is 13.9. The summed E-state index contributed by atoms with van der Waals surface area (Å²) in [6.45, 7) is 0.764. The average Bonchev–Trinajstić information content (AvgIpc) is 3.44. The van der Waals surface area contributed by atoms with Crippen molar-refractivity contribution < 1.29 is 14.5 Å². The summed E-state index contributed by atoms with van der Waals surface area (Å²) < 4.78 is 1.75. The molecule has 1 aliphatic heterocycles. The standard InChI is InChI=1S/C23H19Br2N5O4S2/c24-16-6-1-4-14(10-16)11-18-20(31)29(21(35-18)15-5-2-7-17(25)12-15)23(32)27-9-3-8-26-22-28-13-19(36-22)30(33)34/h1-2,4-7,10-13,21H,3,8-9H2,(H,26,28)(H,27,32)/b18-11-. The molecule has 1 atom stereocenters. The molecular weight excluding hydrogens is 634 g/mol. The molecule has 2 heterocycles. The zero-order valence-corrected chi connectivity index (χ0v) is 23.3. The number of rotatable bonds is 8. The molecule has 0 saturated carbocycles. The molecule has 36 heavy (non-hydrogen) atoms. The Bertz CT molecular complexity index is 1330. The Balaban J connectivity index is 1.43. The van der Waals surface area contributed by atoms with E-state index in [4.69, 9.17) is 0 Å². The molecular formula is C23H19Br2N5O4S2. The van der Waals surface area contributed by atoms with E-state index < -0.39 is 16.3 Å². The van der Waals surface area contributed by atoms with Crippen molar-refractivity contribution in [1.82, 2.24) is 15.2 Å². The summed E-state index contributed by atoms with van der Waals surface area (Å²) >= 11 is 9.19. The third kappa shape index (κ3) is 6.52. The van der Waals surface area contributed by atoms with Crippen LogP contribution in [0, 0.1) is 10.1 Å². The second-order valence-electron chi connectivity index (χ2n) is 7.54. The van der Waals surface area contributed by atoms with Gasteiger partial charge in [0.25, 0.3) is 5.91 Å². The van der Waals surface area contributed by atoms with Gasteiger partial charge in [-0.2, -0.15) is 0 Å². The van der Waals surface area contributed by atoms with E-state index in [0.29, 0.717) is 29.5 Å². The van der Waals surface area contributed by atoms with Gasteiger partial charge in [0.15, 0.2) is 5.13 Å². The first-order valence-electron chi connectivity index (χ1n) is 10.7. The molecule has 186 valence electrons. The maximum Gasteiger partial charge on any atom is 0.345 e. The molecule has 1 aliphatic rings. The monoisotopic (exact) mass is 651 g/mol. The SMILES string of the molecule is O=C(NCCCNc1ncc([N+](=O)[O-])s1)N1C(=O)/C(=C/c2cccc(Br)c2)SC1c1cccc(Br)c1. The van der Waals surface area contributed by atoms with Crippen molar-refractivity contribution in [2.75, 3.05) is 18.4 Å². The van der Waals surface area contributed by atoms with Crippen LogP contribution in [-0.4, -0.2) is 39.8 Å². The largest absolute Gasteiger partial charge is 0.361 e. The van der Waals surface area contributed by atoms with E-state index in [1.807, 2.05) is 48.5 Å². The highest BCUT2D eigenvalue weighted by atomic mass is 79.9. The van der Waals surface area contributed by atoms with Crippen molar-refractivity contribution in [3.63, 3.8) is 0 Å². The van der Waals surface area contributed by atoms with E-state index in [1.165, 1.54) is 22.9 Å². The van der Waals surface area contributed by atoms with Crippen LogP contribution in [0.2, 0.25) is 0 Å². The number of imide groups is 1. The zero-order valence-electron chi connectivity index (χ0n) is 18.5. The van der Waals surface area contributed by atoms with Gasteiger partial charge in [-0.1, -0.05) is 67.9 Å². The third-order valence-electron chi connectivity index (χ3n) is 4.98. The number of carbonyl (C=O) groups is 2. The first kappa shape index (κ1) is 26.3. The van der Waals surface area contributed by atoms with Gasteiger partial charge in [0.2, 0.25) is 0 Å². The molecule has 0 spiro atoms. The molecule has 3 aromatic rings. The maximum absolute atomic E-state index is 13.3. The number of nitrogens with zero attached hydrogens (tertiary/aromatic N) is 3. The van der Waals surface area contributed by atoms with E-state index in [9.17, 15) is 19.7 Å². The van der Waals surface area contributed by atoms with Crippen molar-refractivity contribution in [3.05, 3.63) is 89.8 Å². The fraction of sp³-hybridized carbons (Fsp3) is 0.174. The van der Waals surface area contributed by atoms with E-state index in [1.54, 1.807) is 6.08 Å². The smallest absolute Gasteiger partial charge is 0.345 e. The van der Waals surface area contributed by atoms with Crippen LogP contribution in [0.15, 0.2) is 68.6 Å². The number of thioether (sulfide) groups is 1. The number of carbonyl (C=O) groups excluding carboxylic acids is 2. The minimum absolute atomic E-state index is 0.0406. The number of anilines is 1. The number of aromatic nitrogens is 1. The van der Waals surface area contributed by atoms with Gasteiger partial charge < -0.3 is 10.6 Å². The lowest BCUT2D eigenvalue weighted by Gasteiger charge is -2.22. The lowest BCUT2D eigenvalue weighted by atomic mass is 10.2. The Morgan fingerprint density at radius 3 is 2.61 bits per heavy atom. The number of hydrogen-bond donors (Lipinski definition) is 2. The van der Waals surface area contributed by atoms with Crippen LogP contribution >= 0.6 is 55.0 Å². The fourth-order valence-electron chi connectivity index (χ4n) is 3.36. The van der Waals surface area contributed by atoms with E-state index >= 15 is 0 Å². The summed E-state index contributed by atoms with van der Waals surface area (Å²) in [4.78, 5) is 42.4. The zero-order chi connectivity index (χ0) is 25.7. The van der Waals surface area contributed by atoms with Crippen molar-refractivity contribution in [1.29, 1.82) is 0 Å². The van der Waals surface area contributed by atoms with Gasteiger partial charge in [-0.3, -0.25) is 14.9 Å². The molecule has 4 rings (SSSR count). The molecule has 1 fully saturated rings. The second kappa shape index (κ2) is 12.0. The van der Waals surface area contributed by atoms with Gasteiger partial charge >= 0.3 is 11.0 Å². The number of nitrogens with one attached hydrogen (secondary N) is 2. The fourth-order valence-corrected chi connectivity index (χ4v) is 6.08. The Hall–Kier alpha value is -2.74. The summed E-state index contributed by atoms with van der Waals surface area (Å²) in [6, 6.07) is 14.6. The normalized spacial score (nSPS) is 16.4. The van der Waals surface area contributed by atoms with Crippen LogP contribution < -0.4 is 10.6 Å². The summed E-state index contributed by atoms with van der Waals surface area (Å²) in [5.41, 5.74) is 1.67. The van der Waals surface area contributed by atoms with Gasteiger partial charge in [0, 0.05) is 22.0 Å². The Morgan fingerprint density at radius 1 is 1.17 bits per heavy atom. The van der Waals surface area contributed by atoms with Crippen LogP contribution in [0.5, 0.6) is 0 Å². The average molecular weight is 653 g/mol. The topological polar surface area (TPSA) is 117 Å². The summed E-state index contributed by atoms with van der Waals surface area (Å²) in [5, 5.41) is 16.5. The minimum atomic E-state index is -0.512. The van der Waals surface area contributed by atoms with E-state index in [0.717, 1.165) is 31.4 Å². The molecule has 1 aromatic heterocycles. The third-order valence-corrected chi connectivity index (χ3v) is 8.13. The van der Waals surface area contributed by atoms with Crippen molar-refractivity contribution in [2.24, 2.45) is 0 Å². The molecule has 3 amide bonds. The Labute approximate surface area is 231 Å². The summed E-state index contributed by atoms with van der Waals surface area (Å²) in [7, 11) is 0. The number of amides is 3. The number of hydrogen-bond acceptors (Lipinski definition) is 8. The lowest BCUT2D eigenvalue weighted by Crippen LogP contribution is -2.42. The molecule has 2 aromatic carbocycles. The van der Waals surface area contributed by atoms with E-state index in [-0.39, 0.29) is 10.9 Å². The second-order valence-corrected chi connectivity index (χ2v) is 11.5. The number of benzene rings is 2. The van der Waals surface area contributed by atoms with Crippen molar-refractivity contribution >= 4 is 83.1 Å². The molecule has 2 N–H and O–H groups in total. The summed E-state index contributed by atoms with van der Waals surface area (Å²) in [6.07, 6.45) is 3.52. The quantitative estimate of drug-likeness (QED) is 0.125. The number of thiazole rings is 1. The van der Waals surface area contributed by atoms with Crippen molar-refractivity contribution in [2.45, 2.75) is 11.8 Å². The van der Waals surface area contributed by atoms with Crippen LogP contribution in [0.1, 0.15) is 22.9 Å². The highest BCUT2D eigenvalue weighted by molar-refractivity contribution is 9.10. The number of nitro groups is 1. The van der Waals surface area contributed by atoms with Gasteiger partial charge in [-0.05, 0) is 59.2 Å². The minimum Gasteiger partial charge on any atom is -0.361 e. The molecule has 0 aliphatic carbocycles. The first-order chi connectivity index (χ1) is 17.3. The van der Waals surface area contributed by atoms with Crippen LogP contribution in [0.4, 0.5) is 14.9 Å². The molecule has 1 saturated heterocycles. The predicted octanol–water partition coefficient (Wildman–Crippen LogP) is 6.40. The van der Waals surface area contributed by atoms with Crippen molar-refractivity contribution in [3.8, 4) is 0 Å². The molecule has 1 unspecified atom stereocenters. The highest BCUT2D eigenvalue weighted by Crippen LogP contribution is 2.46. The van der Waals surface area contributed by atoms with Gasteiger partial charge in [-0.25, -0.2) is 14.7 Å². The molecule has 13 heteroatoms. The summed E-state index contributed by atoms with van der Waals surface area (Å²) in [5.74, 6) is -0.365. The molecule has 0 bridgehead atoms. The van der Waals surface area contributed by atoms with E-state index in [2.05, 4.69) is 47.5 Å². The predicted molar refractivity (Wildman–Crippen MR) is 149 cm³/mol. The molecule has 0 radical (unpaired) electrons. The Morgan fingerprint density at radius 2 is 1.92 bits per heavy atom. The van der Waals surface area contributed by atoms with Gasteiger partial charge in [0.05, 0.1) is 9.83 Å². The Kier molecular flexibility index (Phi) is 8.77. The van der Waals surface area contributed by atoms with Crippen LogP contribution in [0.3, 0.4) is 0 Å². The van der Waals surface area contributed by atoms with Gasteiger partial charge in [0.1, 0.15) is 11.6 Å². The highest BCUT2D eigenvalue weighted by Gasteiger charge is 2.41. The van der Waals surface area contributed by atoms with Crippen LogP contribution in [-0.2, 0) is 4.79 Å². The van der Waals surface area contributed by atoms with Gasteiger partial charge in [-0.15, -0.1) is 0 Å². The maximum atomic E-state index is 13.3. The van der Waals surface area contributed by atoms with Crippen LogP contribution in [0.25, 0.3) is 6.08 Å². The number of urea groups is 1. The number of halogens is 2.